The van der Waals surface area contributed by atoms with Gasteiger partial charge >= 0.3 is 0 Å². The fraction of sp³-hybridized carbons (Fsp3) is 0.429. The minimum absolute atomic E-state index is 0.174. The Kier molecular flexibility index (Phi) is 4.46. The summed E-state index contributed by atoms with van der Waals surface area (Å²) in [6, 6.07) is 9.09. The molecule has 0 fully saturated rings. The molecule has 4 nitrogen and oxygen atoms in total. The Morgan fingerprint density at radius 3 is 2.67 bits per heavy atom. The first-order chi connectivity index (χ1) is 8.44. The second-order valence-corrected chi connectivity index (χ2v) is 4.66. The molecule has 0 radical (unpaired) electrons. The Hall–Kier alpha value is -1.86. The van der Waals surface area contributed by atoms with Gasteiger partial charge in [0.15, 0.2) is 0 Å². The van der Waals surface area contributed by atoms with Crippen molar-refractivity contribution in [3.05, 3.63) is 29.8 Å². The molecule has 0 aliphatic carbocycles. The monoisotopic (exact) mass is 245 g/mol. The minimum Gasteiger partial charge on any atom is -0.318 e. The Balaban J connectivity index is 3.04. The van der Waals surface area contributed by atoms with Crippen molar-refractivity contribution in [3.63, 3.8) is 0 Å². The van der Waals surface area contributed by atoms with E-state index in [4.69, 9.17) is 11.0 Å². The number of anilines is 1. The van der Waals surface area contributed by atoms with Gasteiger partial charge in [-0.15, -0.1) is 0 Å². The van der Waals surface area contributed by atoms with Gasteiger partial charge in [0.2, 0.25) is 5.91 Å². The van der Waals surface area contributed by atoms with E-state index in [1.807, 2.05) is 6.92 Å². The van der Waals surface area contributed by atoms with Gasteiger partial charge in [0, 0.05) is 7.05 Å². The molecule has 1 unspecified atom stereocenters. The topological polar surface area (TPSA) is 70.1 Å². The maximum absolute atomic E-state index is 12.3. The molecule has 4 heteroatoms. The third kappa shape index (κ3) is 2.88. The van der Waals surface area contributed by atoms with Gasteiger partial charge in [-0.05, 0) is 25.5 Å². The number of rotatable bonds is 4. The van der Waals surface area contributed by atoms with E-state index in [-0.39, 0.29) is 5.91 Å². The van der Waals surface area contributed by atoms with Crippen molar-refractivity contribution in [1.29, 1.82) is 5.26 Å². The summed E-state index contributed by atoms with van der Waals surface area (Å²) in [4.78, 5) is 13.8. The van der Waals surface area contributed by atoms with Gasteiger partial charge in [0.05, 0.1) is 16.8 Å². The molecule has 18 heavy (non-hydrogen) atoms. The molecule has 0 aromatic heterocycles. The molecule has 0 saturated carbocycles. The molecule has 1 aromatic rings. The Bertz CT molecular complexity index is 474. The molecule has 0 aliphatic rings. The third-order valence-corrected chi connectivity index (χ3v) is 2.95. The summed E-state index contributed by atoms with van der Waals surface area (Å²) in [5.74, 6) is -0.174. The van der Waals surface area contributed by atoms with Crippen molar-refractivity contribution < 1.29 is 4.79 Å². The maximum atomic E-state index is 12.3. The second-order valence-electron chi connectivity index (χ2n) is 4.66. The summed E-state index contributed by atoms with van der Waals surface area (Å²) in [5, 5.41) is 9.04. The van der Waals surface area contributed by atoms with Crippen LogP contribution >= 0.6 is 0 Å². The number of carbonyl (C=O) groups excluding carboxylic acids is 1. The Morgan fingerprint density at radius 1 is 1.50 bits per heavy atom. The van der Waals surface area contributed by atoms with Crippen LogP contribution < -0.4 is 10.6 Å². The molecule has 1 rings (SSSR count). The van der Waals surface area contributed by atoms with E-state index < -0.39 is 5.54 Å². The summed E-state index contributed by atoms with van der Waals surface area (Å²) >= 11 is 0. The molecule has 2 N–H and O–H groups in total. The molecule has 0 bridgehead atoms. The van der Waals surface area contributed by atoms with Crippen LogP contribution in [0.1, 0.15) is 32.3 Å². The summed E-state index contributed by atoms with van der Waals surface area (Å²) in [5.41, 5.74) is 6.20. The molecule has 1 atom stereocenters. The average Bonchev–Trinajstić information content (AvgIpc) is 2.36. The number of carbonyl (C=O) groups is 1. The van der Waals surface area contributed by atoms with Gasteiger partial charge in [-0.3, -0.25) is 4.79 Å². The first kappa shape index (κ1) is 14.2. The zero-order valence-corrected chi connectivity index (χ0v) is 11.1. The molecule has 1 amide bonds. The van der Waals surface area contributed by atoms with Gasteiger partial charge in [-0.25, -0.2) is 0 Å². The number of hydrogen-bond acceptors (Lipinski definition) is 3. The molecular formula is C14H19N3O. The zero-order chi connectivity index (χ0) is 13.8. The third-order valence-electron chi connectivity index (χ3n) is 2.95. The van der Waals surface area contributed by atoms with Crippen molar-refractivity contribution in [1.82, 2.24) is 0 Å². The number of hydrogen-bond donors (Lipinski definition) is 1. The lowest BCUT2D eigenvalue weighted by Crippen LogP contribution is -2.52. The standard InChI is InChI=1S/C14H19N3O/c1-4-9-14(2,16)13(18)17(3)12-8-6-5-7-11(12)10-15/h5-8H,4,9,16H2,1-3H3. The summed E-state index contributed by atoms with van der Waals surface area (Å²) in [6.07, 6.45) is 1.46. The predicted octanol–water partition coefficient (Wildman–Crippen LogP) is 2.04. The van der Waals surface area contributed by atoms with Crippen molar-refractivity contribution in [2.45, 2.75) is 32.2 Å². The number of nitriles is 1. The van der Waals surface area contributed by atoms with E-state index in [0.29, 0.717) is 17.7 Å². The van der Waals surface area contributed by atoms with Crippen LogP contribution in [0.5, 0.6) is 0 Å². The van der Waals surface area contributed by atoms with Crippen LogP contribution in [0.25, 0.3) is 0 Å². The van der Waals surface area contributed by atoms with Crippen LogP contribution in [0.15, 0.2) is 24.3 Å². The maximum Gasteiger partial charge on any atom is 0.246 e. The number of para-hydroxylation sites is 1. The van der Waals surface area contributed by atoms with Gasteiger partial charge in [0.1, 0.15) is 6.07 Å². The lowest BCUT2D eigenvalue weighted by Gasteiger charge is -2.29. The molecule has 1 aromatic carbocycles. The van der Waals surface area contributed by atoms with E-state index in [9.17, 15) is 4.79 Å². The first-order valence-corrected chi connectivity index (χ1v) is 6.00. The second kappa shape index (κ2) is 5.65. The Morgan fingerprint density at radius 2 is 2.11 bits per heavy atom. The fourth-order valence-electron chi connectivity index (χ4n) is 1.98. The molecular weight excluding hydrogens is 226 g/mol. The quantitative estimate of drug-likeness (QED) is 0.882. The van der Waals surface area contributed by atoms with E-state index in [2.05, 4.69) is 6.07 Å². The molecule has 96 valence electrons. The lowest BCUT2D eigenvalue weighted by molar-refractivity contribution is -0.123. The number of benzene rings is 1. The number of nitrogens with zero attached hydrogens (tertiary/aromatic N) is 2. The van der Waals surface area contributed by atoms with Gasteiger partial charge < -0.3 is 10.6 Å². The molecule has 0 spiro atoms. The fourth-order valence-corrected chi connectivity index (χ4v) is 1.98. The number of likely N-dealkylation sites (N-methyl/N-ethyl adjacent to an activating group) is 1. The van der Waals surface area contributed by atoms with Crippen LogP contribution in [-0.2, 0) is 4.79 Å². The van der Waals surface area contributed by atoms with E-state index in [0.717, 1.165) is 6.42 Å². The highest BCUT2D eigenvalue weighted by atomic mass is 16.2. The van der Waals surface area contributed by atoms with Crippen LogP contribution in [0.3, 0.4) is 0 Å². The van der Waals surface area contributed by atoms with Crippen LogP contribution in [0.4, 0.5) is 5.69 Å². The average molecular weight is 245 g/mol. The van der Waals surface area contributed by atoms with Crippen LogP contribution in [0.2, 0.25) is 0 Å². The van der Waals surface area contributed by atoms with Crippen molar-refractivity contribution >= 4 is 11.6 Å². The predicted molar refractivity (Wildman–Crippen MR) is 72.1 cm³/mol. The number of nitrogens with two attached hydrogens (primary N) is 1. The highest BCUT2D eigenvalue weighted by molar-refractivity contribution is 6.00. The van der Waals surface area contributed by atoms with Gasteiger partial charge in [-0.2, -0.15) is 5.26 Å². The normalized spacial score (nSPS) is 13.5. The zero-order valence-electron chi connectivity index (χ0n) is 11.1. The lowest BCUT2D eigenvalue weighted by atomic mass is 9.95. The highest BCUT2D eigenvalue weighted by Gasteiger charge is 2.31. The summed E-state index contributed by atoms with van der Waals surface area (Å²) in [6.45, 7) is 3.71. The summed E-state index contributed by atoms with van der Waals surface area (Å²) < 4.78 is 0. The van der Waals surface area contributed by atoms with Crippen molar-refractivity contribution in [2.75, 3.05) is 11.9 Å². The van der Waals surface area contributed by atoms with E-state index in [1.54, 1.807) is 38.2 Å². The SMILES string of the molecule is CCCC(C)(N)C(=O)N(C)c1ccccc1C#N. The first-order valence-electron chi connectivity index (χ1n) is 6.00. The molecule has 0 heterocycles. The molecule has 0 saturated heterocycles. The number of amides is 1. The largest absolute Gasteiger partial charge is 0.318 e. The van der Waals surface area contributed by atoms with Gasteiger partial charge in [0.25, 0.3) is 0 Å². The van der Waals surface area contributed by atoms with Crippen molar-refractivity contribution in [3.8, 4) is 6.07 Å². The minimum atomic E-state index is -0.897. The van der Waals surface area contributed by atoms with E-state index in [1.165, 1.54) is 4.90 Å². The van der Waals surface area contributed by atoms with Crippen LogP contribution in [-0.4, -0.2) is 18.5 Å². The Labute approximate surface area is 108 Å². The van der Waals surface area contributed by atoms with Crippen molar-refractivity contribution in [2.24, 2.45) is 5.73 Å². The smallest absolute Gasteiger partial charge is 0.246 e. The molecule has 0 aliphatic heterocycles. The van der Waals surface area contributed by atoms with E-state index >= 15 is 0 Å². The van der Waals surface area contributed by atoms with Gasteiger partial charge in [-0.1, -0.05) is 25.5 Å². The van der Waals surface area contributed by atoms with Crippen LogP contribution in [0, 0.1) is 11.3 Å². The summed E-state index contributed by atoms with van der Waals surface area (Å²) in [7, 11) is 1.65. The highest BCUT2D eigenvalue weighted by Crippen LogP contribution is 2.22.